The SMILES string of the molecule is Cc1cc(NC(=O)Cc2cccc3ccccc23)n(-c2nc3c(cnn3-c3ccccc3)c(=O)[nH]2)n1. The summed E-state index contributed by atoms with van der Waals surface area (Å²) in [6.45, 7) is 1.81. The molecule has 0 atom stereocenters. The van der Waals surface area contributed by atoms with Crippen molar-refractivity contribution in [3.8, 4) is 11.6 Å². The molecule has 0 spiro atoms. The summed E-state index contributed by atoms with van der Waals surface area (Å²) >= 11 is 0. The van der Waals surface area contributed by atoms with Gasteiger partial charge in [0.25, 0.3) is 5.56 Å². The van der Waals surface area contributed by atoms with E-state index in [1.54, 1.807) is 10.7 Å². The topological polar surface area (TPSA) is 110 Å². The van der Waals surface area contributed by atoms with E-state index >= 15 is 0 Å². The number of nitrogens with zero attached hydrogens (tertiary/aromatic N) is 5. The Balaban J connectivity index is 1.36. The average molecular weight is 476 g/mol. The minimum Gasteiger partial charge on any atom is -0.310 e. The lowest BCUT2D eigenvalue weighted by Gasteiger charge is -2.10. The van der Waals surface area contributed by atoms with Gasteiger partial charge in [-0.3, -0.25) is 14.6 Å². The van der Waals surface area contributed by atoms with Gasteiger partial charge >= 0.3 is 0 Å². The van der Waals surface area contributed by atoms with Crippen molar-refractivity contribution in [2.45, 2.75) is 13.3 Å². The molecule has 3 aromatic carbocycles. The molecule has 6 rings (SSSR count). The van der Waals surface area contributed by atoms with Crippen molar-refractivity contribution in [2.75, 3.05) is 5.32 Å². The molecule has 36 heavy (non-hydrogen) atoms. The average Bonchev–Trinajstić information content (AvgIpc) is 3.48. The number of anilines is 1. The van der Waals surface area contributed by atoms with E-state index in [0.717, 1.165) is 22.0 Å². The van der Waals surface area contributed by atoms with Crippen molar-refractivity contribution in [1.82, 2.24) is 29.5 Å². The molecular formula is C27H21N7O2. The Morgan fingerprint density at radius 1 is 0.944 bits per heavy atom. The van der Waals surface area contributed by atoms with E-state index in [2.05, 4.69) is 25.5 Å². The standard InChI is InChI=1S/C27H21N7O2/c1-17-14-23(29-24(35)15-19-10-7-9-18-8-5-6-13-21(18)19)34(32-17)27-30-25-22(26(36)31-27)16-28-33(25)20-11-3-2-4-12-20/h2-14,16H,15H2,1H3,(H,29,35)(H,30,31,36). The van der Waals surface area contributed by atoms with Crippen LogP contribution in [0.5, 0.6) is 0 Å². The van der Waals surface area contributed by atoms with Crippen LogP contribution in [0.3, 0.4) is 0 Å². The van der Waals surface area contributed by atoms with E-state index in [9.17, 15) is 9.59 Å². The molecule has 9 nitrogen and oxygen atoms in total. The van der Waals surface area contributed by atoms with E-state index < -0.39 is 0 Å². The highest BCUT2D eigenvalue weighted by molar-refractivity contribution is 5.96. The Morgan fingerprint density at radius 3 is 2.58 bits per heavy atom. The van der Waals surface area contributed by atoms with Gasteiger partial charge < -0.3 is 5.32 Å². The van der Waals surface area contributed by atoms with Gasteiger partial charge in [-0.05, 0) is 35.4 Å². The lowest BCUT2D eigenvalue weighted by Crippen LogP contribution is -2.20. The second kappa shape index (κ2) is 8.62. The van der Waals surface area contributed by atoms with Crippen molar-refractivity contribution >= 4 is 33.5 Å². The monoisotopic (exact) mass is 475 g/mol. The van der Waals surface area contributed by atoms with Gasteiger partial charge in [0.05, 0.1) is 24.0 Å². The van der Waals surface area contributed by atoms with Crippen LogP contribution in [-0.4, -0.2) is 35.4 Å². The van der Waals surface area contributed by atoms with Crippen LogP contribution in [-0.2, 0) is 11.2 Å². The number of H-pyrrole nitrogens is 1. The number of rotatable bonds is 5. The van der Waals surface area contributed by atoms with Gasteiger partial charge in [0, 0.05) is 6.07 Å². The zero-order chi connectivity index (χ0) is 24.6. The van der Waals surface area contributed by atoms with Gasteiger partial charge in [-0.25, -0.2) is 4.68 Å². The number of fused-ring (bicyclic) bond motifs is 2. The third-order valence-electron chi connectivity index (χ3n) is 5.96. The van der Waals surface area contributed by atoms with E-state index in [-0.39, 0.29) is 23.8 Å². The Hall–Kier alpha value is -5.05. The Bertz CT molecular complexity index is 1790. The third kappa shape index (κ3) is 3.82. The second-order valence-electron chi connectivity index (χ2n) is 8.46. The highest BCUT2D eigenvalue weighted by Gasteiger charge is 2.17. The number of aromatic amines is 1. The second-order valence-corrected chi connectivity index (χ2v) is 8.46. The number of carbonyl (C=O) groups excluding carboxylic acids is 1. The van der Waals surface area contributed by atoms with Crippen LogP contribution in [0.1, 0.15) is 11.3 Å². The number of aryl methyl sites for hydroxylation is 1. The molecule has 0 saturated heterocycles. The lowest BCUT2D eigenvalue weighted by molar-refractivity contribution is -0.115. The molecule has 9 heteroatoms. The fourth-order valence-corrected chi connectivity index (χ4v) is 4.32. The van der Waals surface area contributed by atoms with Gasteiger partial charge in [0.15, 0.2) is 5.65 Å². The molecule has 2 N–H and O–H groups in total. The summed E-state index contributed by atoms with van der Waals surface area (Å²) in [4.78, 5) is 33.3. The minimum atomic E-state index is -0.349. The highest BCUT2D eigenvalue weighted by atomic mass is 16.1. The Labute approximate surface area is 205 Å². The first kappa shape index (κ1) is 21.5. The number of para-hydroxylation sites is 1. The van der Waals surface area contributed by atoms with Crippen molar-refractivity contribution in [1.29, 1.82) is 0 Å². The van der Waals surface area contributed by atoms with Gasteiger partial charge in [0.1, 0.15) is 11.2 Å². The largest absolute Gasteiger partial charge is 0.310 e. The smallest absolute Gasteiger partial charge is 0.263 e. The first-order valence-electron chi connectivity index (χ1n) is 11.4. The van der Waals surface area contributed by atoms with Crippen molar-refractivity contribution in [2.24, 2.45) is 0 Å². The molecule has 0 aliphatic rings. The maximum atomic E-state index is 13.0. The molecule has 0 unspecified atom stereocenters. The number of amides is 1. The molecule has 3 heterocycles. The Kier molecular flexibility index (Phi) is 5.15. The Morgan fingerprint density at radius 2 is 1.72 bits per heavy atom. The maximum absolute atomic E-state index is 13.0. The van der Waals surface area contributed by atoms with Crippen LogP contribution in [0.2, 0.25) is 0 Å². The summed E-state index contributed by atoms with van der Waals surface area (Å²) in [7, 11) is 0. The molecule has 0 fully saturated rings. The number of aromatic nitrogens is 6. The van der Waals surface area contributed by atoms with Gasteiger partial charge in [-0.2, -0.15) is 19.9 Å². The number of hydrogen-bond acceptors (Lipinski definition) is 5. The minimum absolute atomic E-state index is 0.179. The zero-order valence-corrected chi connectivity index (χ0v) is 19.3. The predicted molar refractivity (Wildman–Crippen MR) is 138 cm³/mol. The molecule has 6 aromatic rings. The van der Waals surface area contributed by atoms with Crippen LogP contribution >= 0.6 is 0 Å². The van der Waals surface area contributed by atoms with E-state index in [0.29, 0.717) is 22.5 Å². The van der Waals surface area contributed by atoms with Crippen LogP contribution < -0.4 is 10.9 Å². The van der Waals surface area contributed by atoms with Crippen LogP contribution in [0, 0.1) is 6.92 Å². The molecule has 0 aliphatic carbocycles. The fourth-order valence-electron chi connectivity index (χ4n) is 4.32. The zero-order valence-electron chi connectivity index (χ0n) is 19.3. The van der Waals surface area contributed by atoms with E-state index in [1.165, 1.54) is 10.9 Å². The van der Waals surface area contributed by atoms with Crippen LogP contribution in [0.4, 0.5) is 5.82 Å². The summed E-state index contributed by atoms with van der Waals surface area (Å²) < 4.78 is 3.03. The predicted octanol–water partition coefficient (Wildman–Crippen LogP) is 3.94. The van der Waals surface area contributed by atoms with Gasteiger partial charge in [-0.15, -0.1) is 0 Å². The summed E-state index contributed by atoms with van der Waals surface area (Å²) in [5, 5.41) is 14.2. The fraction of sp³-hybridized carbons (Fsp3) is 0.0741. The molecule has 0 saturated carbocycles. The molecule has 1 amide bonds. The molecule has 0 radical (unpaired) electrons. The summed E-state index contributed by atoms with van der Waals surface area (Å²) in [6.07, 6.45) is 1.68. The van der Waals surface area contributed by atoms with Crippen molar-refractivity contribution < 1.29 is 4.79 Å². The number of nitrogens with one attached hydrogen (secondary N) is 2. The summed E-state index contributed by atoms with van der Waals surface area (Å²) in [5.74, 6) is 0.384. The van der Waals surface area contributed by atoms with Gasteiger partial charge in [0.2, 0.25) is 11.9 Å². The summed E-state index contributed by atoms with van der Waals surface area (Å²) in [5.41, 5.74) is 2.40. The number of benzene rings is 3. The summed E-state index contributed by atoms with van der Waals surface area (Å²) in [6, 6.07) is 25.0. The molecule has 0 bridgehead atoms. The van der Waals surface area contributed by atoms with Gasteiger partial charge in [-0.1, -0.05) is 60.7 Å². The third-order valence-corrected chi connectivity index (χ3v) is 5.96. The highest BCUT2D eigenvalue weighted by Crippen LogP contribution is 2.21. The molecular weight excluding hydrogens is 454 g/mol. The van der Waals surface area contributed by atoms with Crippen molar-refractivity contribution in [3.05, 3.63) is 107 Å². The first-order valence-corrected chi connectivity index (χ1v) is 11.4. The van der Waals surface area contributed by atoms with Crippen LogP contribution in [0.15, 0.2) is 89.9 Å². The number of carbonyl (C=O) groups is 1. The maximum Gasteiger partial charge on any atom is 0.263 e. The van der Waals surface area contributed by atoms with Crippen LogP contribution in [0.25, 0.3) is 33.4 Å². The lowest BCUT2D eigenvalue weighted by atomic mass is 10.0. The van der Waals surface area contributed by atoms with E-state index in [1.807, 2.05) is 79.7 Å². The molecule has 3 aromatic heterocycles. The van der Waals surface area contributed by atoms with E-state index in [4.69, 9.17) is 0 Å². The molecule has 176 valence electrons. The normalized spacial score (nSPS) is 11.2. The van der Waals surface area contributed by atoms with Crippen molar-refractivity contribution in [3.63, 3.8) is 0 Å². The first-order chi connectivity index (χ1) is 17.6. The quantitative estimate of drug-likeness (QED) is 0.392. The molecule has 0 aliphatic heterocycles. The number of hydrogen-bond donors (Lipinski definition) is 2.